The summed E-state index contributed by atoms with van der Waals surface area (Å²) in [7, 11) is 0. The second kappa shape index (κ2) is 4.78. The van der Waals surface area contributed by atoms with E-state index in [1.807, 2.05) is 31.2 Å². The summed E-state index contributed by atoms with van der Waals surface area (Å²) < 4.78 is 11.6. The summed E-state index contributed by atoms with van der Waals surface area (Å²) in [6.07, 6.45) is 0.312. The Morgan fingerprint density at radius 1 is 1.41 bits per heavy atom. The lowest BCUT2D eigenvalue weighted by atomic mass is 9.93. The topological polar surface area (TPSA) is 38.8 Å². The molecule has 17 heavy (non-hydrogen) atoms. The van der Waals surface area contributed by atoms with E-state index in [4.69, 9.17) is 9.47 Å². The Morgan fingerprint density at radius 3 is 2.59 bits per heavy atom. The predicted octanol–water partition coefficient (Wildman–Crippen LogP) is 3.02. The number of hydrogen-bond acceptors (Lipinski definition) is 3. The van der Waals surface area contributed by atoms with Crippen molar-refractivity contribution in [2.45, 2.75) is 32.0 Å². The van der Waals surface area contributed by atoms with Crippen LogP contribution in [-0.4, -0.2) is 18.7 Å². The molecule has 0 aromatic heterocycles. The van der Waals surface area contributed by atoms with Gasteiger partial charge in [0.1, 0.15) is 5.60 Å². The van der Waals surface area contributed by atoms with Crippen LogP contribution in [-0.2, 0) is 19.9 Å². The molecule has 0 aliphatic carbocycles. The minimum Gasteiger partial charge on any atom is -0.464 e. The van der Waals surface area contributed by atoms with Crippen LogP contribution in [0.15, 0.2) is 28.7 Å². The molecule has 4 heteroatoms. The largest absolute Gasteiger partial charge is 0.464 e. The van der Waals surface area contributed by atoms with Gasteiger partial charge >= 0.3 is 5.97 Å². The molecule has 1 fully saturated rings. The van der Waals surface area contributed by atoms with Gasteiger partial charge in [-0.15, -0.1) is 0 Å². The van der Waals surface area contributed by atoms with E-state index >= 15 is 0 Å². The van der Waals surface area contributed by atoms with Crippen molar-refractivity contribution in [1.29, 1.82) is 0 Å². The van der Waals surface area contributed by atoms with E-state index in [9.17, 15) is 4.79 Å². The second-order valence-electron chi connectivity index (χ2n) is 4.00. The van der Waals surface area contributed by atoms with Gasteiger partial charge in [-0.2, -0.15) is 0 Å². The van der Waals surface area contributed by atoms with E-state index < -0.39 is 11.7 Å². The van der Waals surface area contributed by atoms with Crippen LogP contribution in [0.4, 0.5) is 0 Å². The lowest BCUT2D eigenvalue weighted by molar-refractivity contribution is -0.144. The van der Waals surface area contributed by atoms with Crippen molar-refractivity contribution in [3.63, 3.8) is 0 Å². The molecular formula is C13H15BrO3. The van der Waals surface area contributed by atoms with Crippen LogP contribution in [0, 0.1) is 0 Å². The van der Waals surface area contributed by atoms with Gasteiger partial charge in [0.05, 0.1) is 6.61 Å². The zero-order chi connectivity index (χ0) is 12.5. The van der Waals surface area contributed by atoms with E-state index in [0.29, 0.717) is 6.61 Å². The van der Waals surface area contributed by atoms with Crippen LogP contribution in [0.1, 0.15) is 25.8 Å². The number of ether oxygens (including phenoxy) is 2. The molecule has 3 nitrogen and oxygen atoms in total. The standard InChI is InChI=1S/C13H15BrO3/c1-3-13(9-5-7-10(14)8-6-9)11(17-13)12(15)16-4-2/h5-8,11H,3-4H2,1-2H3. The zero-order valence-corrected chi connectivity index (χ0v) is 11.5. The summed E-state index contributed by atoms with van der Waals surface area (Å²) in [5, 5.41) is 0. The molecule has 1 heterocycles. The van der Waals surface area contributed by atoms with Gasteiger partial charge in [0, 0.05) is 4.47 Å². The van der Waals surface area contributed by atoms with Crippen LogP contribution in [0.5, 0.6) is 0 Å². The third kappa shape index (κ3) is 2.24. The van der Waals surface area contributed by atoms with Crippen molar-refractivity contribution in [1.82, 2.24) is 0 Å². The normalized spacial score (nSPS) is 26.6. The maximum absolute atomic E-state index is 11.7. The zero-order valence-electron chi connectivity index (χ0n) is 9.90. The smallest absolute Gasteiger partial charge is 0.338 e. The molecule has 1 saturated heterocycles. The molecule has 0 spiro atoms. The van der Waals surface area contributed by atoms with Crippen LogP contribution < -0.4 is 0 Å². The van der Waals surface area contributed by atoms with Crippen LogP contribution in [0.25, 0.3) is 0 Å². The van der Waals surface area contributed by atoms with Crippen LogP contribution >= 0.6 is 15.9 Å². The van der Waals surface area contributed by atoms with Crippen molar-refractivity contribution >= 4 is 21.9 Å². The highest BCUT2D eigenvalue weighted by Gasteiger charge is 2.61. The fraction of sp³-hybridized carbons (Fsp3) is 0.462. The van der Waals surface area contributed by atoms with Gasteiger partial charge in [0.25, 0.3) is 0 Å². The fourth-order valence-electron chi connectivity index (χ4n) is 2.06. The van der Waals surface area contributed by atoms with E-state index in [1.165, 1.54) is 0 Å². The van der Waals surface area contributed by atoms with Gasteiger partial charge < -0.3 is 9.47 Å². The number of rotatable bonds is 4. The molecule has 1 aliphatic rings. The fourth-order valence-corrected chi connectivity index (χ4v) is 2.32. The molecule has 0 radical (unpaired) electrons. The monoisotopic (exact) mass is 298 g/mol. The van der Waals surface area contributed by atoms with E-state index in [1.54, 1.807) is 6.92 Å². The Bertz CT molecular complexity index is 415. The first-order valence-electron chi connectivity index (χ1n) is 5.74. The number of carbonyl (C=O) groups is 1. The maximum Gasteiger partial charge on any atom is 0.338 e. The van der Waals surface area contributed by atoms with Crippen molar-refractivity contribution < 1.29 is 14.3 Å². The summed E-state index contributed by atoms with van der Waals surface area (Å²) in [4.78, 5) is 11.7. The molecular weight excluding hydrogens is 284 g/mol. The van der Waals surface area contributed by atoms with Gasteiger partial charge in [0.15, 0.2) is 6.10 Å². The highest BCUT2D eigenvalue weighted by molar-refractivity contribution is 9.10. The molecule has 1 aliphatic heterocycles. The Morgan fingerprint density at radius 2 is 2.06 bits per heavy atom. The number of benzene rings is 1. The molecule has 1 aromatic carbocycles. The van der Waals surface area contributed by atoms with Crippen molar-refractivity contribution in [2.24, 2.45) is 0 Å². The number of epoxide rings is 1. The lowest BCUT2D eigenvalue weighted by Crippen LogP contribution is -2.20. The van der Waals surface area contributed by atoms with Crippen molar-refractivity contribution in [2.75, 3.05) is 6.61 Å². The summed E-state index contributed by atoms with van der Waals surface area (Å²) in [5.41, 5.74) is 0.550. The quantitative estimate of drug-likeness (QED) is 0.633. The summed E-state index contributed by atoms with van der Waals surface area (Å²) in [6, 6.07) is 7.87. The summed E-state index contributed by atoms with van der Waals surface area (Å²) >= 11 is 3.39. The van der Waals surface area contributed by atoms with Gasteiger partial charge in [-0.05, 0) is 31.0 Å². The molecule has 92 valence electrons. The Kier molecular flexibility index (Phi) is 3.54. The molecule has 0 saturated carbocycles. The second-order valence-corrected chi connectivity index (χ2v) is 4.92. The van der Waals surface area contributed by atoms with E-state index in [0.717, 1.165) is 16.5 Å². The Balaban J connectivity index is 2.18. The predicted molar refractivity (Wildman–Crippen MR) is 67.6 cm³/mol. The summed E-state index contributed by atoms with van der Waals surface area (Å²) in [6.45, 7) is 4.20. The first-order valence-corrected chi connectivity index (χ1v) is 6.54. The molecule has 2 rings (SSSR count). The Labute approximate surface area is 109 Å². The number of carbonyl (C=O) groups excluding carboxylic acids is 1. The first-order chi connectivity index (χ1) is 8.14. The van der Waals surface area contributed by atoms with E-state index in [2.05, 4.69) is 15.9 Å². The van der Waals surface area contributed by atoms with Crippen molar-refractivity contribution in [3.05, 3.63) is 34.3 Å². The Hall–Kier alpha value is -0.870. The third-order valence-corrected chi connectivity index (χ3v) is 3.58. The average Bonchev–Trinajstić information content (AvgIpc) is 3.06. The minimum atomic E-state index is -0.479. The molecule has 0 N–H and O–H groups in total. The minimum absolute atomic E-state index is 0.266. The molecule has 2 unspecified atom stereocenters. The number of esters is 1. The van der Waals surface area contributed by atoms with Gasteiger partial charge in [-0.1, -0.05) is 35.0 Å². The van der Waals surface area contributed by atoms with Gasteiger partial charge in [0.2, 0.25) is 0 Å². The third-order valence-electron chi connectivity index (χ3n) is 3.05. The number of halogens is 1. The SMILES string of the molecule is CCOC(=O)C1OC1(CC)c1ccc(Br)cc1. The van der Waals surface area contributed by atoms with Crippen molar-refractivity contribution in [3.8, 4) is 0 Å². The molecule has 2 atom stereocenters. The van der Waals surface area contributed by atoms with E-state index in [-0.39, 0.29) is 5.97 Å². The van der Waals surface area contributed by atoms with Gasteiger partial charge in [-0.3, -0.25) is 0 Å². The van der Waals surface area contributed by atoms with Crippen LogP contribution in [0.3, 0.4) is 0 Å². The first kappa shape index (κ1) is 12.6. The summed E-state index contributed by atoms with van der Waals surface area (Å²) in [5.74, 6) is -0.266. The molecule has 0 bridgehead atoms. The maximum atomic E-state index is 11.7. The average molecular weight is 299 g/mol. The lowest BCUT2D eigenvalue weighted by Gasteiger charge is -2.10. The highest BCUT2D eigenvalue weighted by atomic mass is 79.9. The molecule has 0 amide bonds. The van der Waals surface area contributed by atoms with Gasteiger partial charge in [-0.25, -0.2) is 4.79 Å². The highest BCUT2D eigenvalue weighted by Crippen LogP contribution is 2.49. The molecule has 1 aromatic rings. The van der Waals surface area contributed by atoms with Crippen LogP contribution in [0.2, 0.25) is 0 Å². The number of hydrogen-bond donors (Lipinski definition) is 0.